The summed E-state index contributed by atoms with van der Waals surface area (Å²) in [6, 6.07) is 3.18. The van der Waals surface area contributed by atoms with Gasteiger partial charge in [0, 0.05) is 24.7 Å². The molecule has 0 amide bonds. The predicted molar refractivity (Wildman–Crippen MR) is 87.2 cm³/mol. The van der Waals surface area contributed by atoms with Crippen molar-refractivity contribution in [1.29, 1.82) is 0 Å². The normalized spacial score (nSPS) is 13.1. The second kappa shape index (κ2) is 9.98. The number of hydrogen-bond acceptors (Lipinski definition) is 2. The molecule has 3 heteroatoms. The average molecular weight is 279 g/mol. The van der Waals surface area contributed by atoms with Crippen molar-refractivity contribution in [2.75, 3.05) is 7.05 Å². The quantitative estimate of drug-likeness (QED) is 0.610. The van der Waals surface area contributed by atoms with Gasteiger partial charge in [0.05, 0.1) is 5.69 Å². The van der Waals surface area contributed by atoms with Crippen LogP contribution in [0.1, 0.15) is 77.5 Å². The van der Waals surface area contributed by atoms with Gasteiger partial charge in [-0.15, -0.1) is 0 Å². The number of hydrogen-bond donors (Lipinski definition) is 1. The Kier molecular flexibility index (Phi) is 8.59. The lowest BCUT2D eigenvalue weighted by Crippen LogP contribution is -2.27. The van der Waals surface area contributed by atoms with Gasteiger partial charge in [0.2, 0.25) is 0 Å². The van der Waals surface area contributed by atoms with Gasteiger partial charge in [-0.2, -0.15) is 5.10 Å². The molecule has 0 aliphatic carbocycles. The smallest absolute Gasteiger partial charge is 0.0640 e. The molecule has 0 spiro atoms. The number of rotatable bonds is 11. The van der Waals surface area contributed by atoms with E-state index in [1.54, 1.807) is 0 Å². The minimum Gasteiger partial charge on any atom is -0.317 e. The van der Waals surface area contributed by atoms with E-state index in [1.807, 2.05) is 4.68 Å². The fourth-order valence-corrected chi connectivity index (χ4v) is 2.55. The molecule has 1 rings (SSSR count). The van der Waals surface area contributed by atoms with Gasteiger partial charge in [0.25, 0.3) is 0 Å². The maximum absolute atomic E-state index is 4.64. The highest BCUT2D eigenvalue weighted by Crippen LogP contribution is 2.12. The minimum absolute atomic E-state index is 0.454. The van der Waals surface area contributed by atoms with E-state index in [2.05, 4.69) is 50.5 Å². The van der Waals surface area contributed by atoms with Crippen molar-refractivity contribution >= 4 is 0 Å². The number of unbranched alkanes of at least 4 members (excludes halogenated alkanes) is 5. The Hall–Kier alpha value is -0.830. The molecule has 3 nitrogen and oxygen atoms in total. The van der Waals surface area contributed by atoms with Gasteiger partial charge in [0.1, 0.15) is 0 Å². The Balaban J connectivity index is 2.24. The van der Waals surface area contributed by atoms with Crippen LogP contribution in [0.3, 0.4) is 0 Å². The Bertz CT molecular complexity index is 344. The molecule has 1 aromatic heterocycles. The number of nitrogens with zero attached hydrogens (tertiary/aromatic N) is 2. The van der Waals surface area contributed by atoms with Crippen molar-refractivity contribution in [3.63, 3.8) is 0 Å². The summed E-state index contributed by atoms with van der Waals surface area (Å²) in [7, 11) is 2.07. The lowest BCUT2D eigenvalue weighted by Gasteiger charge is -2.14. The van der Waals surface area contributed by atoms with Crippen LogP contribution < -0.4 is 5.32 Å². The van der Waals surface area contributed by atoms with Gasteiger partial charge in [-0.05, 0) is 33.4 Å². The van der Waals surface area contributed by atoms with E-state index in [0.29, 0.717) is 12.1 Å². The van der Waals surface area contributed by atoms with Crippen LogP contribution in [0.5, 0.6) is 0 Å². The highest BCUT2D eigenvalue weighted by molar-refractivity contribution is 5.02. The van der Waals surface area contributed by atoms with E-state index in [-0.39, 0.29) is 0 Å². The van der Waals surface area contributed by atoms with Crippen LogP contribution in [0.15, 0.2) is 12.3 Å². The first-order chi connectivity index (χ1) is 9.67. The van der Waals surface area contributed by atoms with Crippen LogP contribution in [-0.4, -0.2) is 22.9 Å². The number of likely N-dealkylation sites (N-methyl/N-ethyl adjacent to an activating group) is 1. The van der Waals surface area contributed by atoms with E-state index in [9.17, 15) is 0 Å². The lowest BCUT2D eigenvalue weighted by atomic mass is 10.0. The first-order valence-electron chi connectivity index (χ1n) is 8.38. The van der Waals surface area contributed by atoms with Gasteiger partial charge in [-0.3, -0.25) is 4.68 Å². The summed E-state index contributed by atoms with van der Waals surface area (Å²) in [5, 5.41) is 8.08. The molecule has 20 heavy (non-hydrogen) atoms. The zero-order chi connectivity index (χ0) is 14.8. The van der Waals surface area contributed by atoms with Gasteiger partial charge in [0.15, 0.2) is 0 Å². The molecule has 0 aromatic carbocycles. The van der Waals surface area contributed by atoms with Crippen LogP contribution >= 0.6 is 0 Å². The van der Waals surface area contributed by atoms with E-state index in [1.165, 1.54) is 50.6 Å². The third kappa shape index (κ3) is 6.56. The molecule has 1 atom stereocenters. The predicted octanol–water partition coefficient (Wildman–Crippen LogP) is 4.35. The summed E-state index contributed by atoms with van der Waals surface area (Å²) in [4.78, 5) is 0. The number of aromatic nitrogens is 2. The maximum Gasteiger partial charge on any atom is 0.0640 e. The summed E-state index contributed by atoms with van der Waals surface area (Å²) >= 11 is 0. The van der Waals surface area contributed by atoms with Gasteiger partial charge < -0.3 is 5.32 Å². The molecule has 1 heterocycles. The van der Waals surface area contributed by atoms with Crippen molar-refractivity contribution in [3.05, 3.63) is 18.0 Å². The van der Waals surface area contributed by atoms with Gasteiger partial charge in [-0.1, -0.05) is 45.4 Å². The topological polar surface area (TPSA) is 29.9 Å². The highest BCUT2D eigenvalue weighted by Gasteiger charge is 2.10. The molecule has 0 bridgehead atoms. The fraction of sp³-hybridized carbons (Fsp3) is 0.824. The van der Waals surface area contributed by atoms with Gasteiger partial charge in [-0.25, -0.2) is 0 Å². The largest absolute Gasteiger partial charge is 0.317 e. The van der Waals surface area contributed by atoms with Crippen molar-refractivity contribution in [2.24, 2.45) is 0 Å². The summed E-state index contributed by atoms with van der Waals surface area (Å²) in [5.41, 5.74) is 1.21. The van der Waals surface area contributed by atoms with Crippen LogP contribution in [0.4, 0.5) is 0 Å². The molecule has 0 saturated heterocycles. The Labute approximate surface area is 125 Å². The van der Waals surface area contributed by atoms with E-state index >= 15 is 0 Å². The lowest BCUT2D eigenvalue weighted by molar-refractivity contribution is 0.468. The summed E-state index contributed by atoms with van der Waals surface area (Å²) < 4.78 is 2.05. The molecule has 0 fully saturated rings. The highest BCUT2D eigenvalue weighted by atomic mass is 15.3. The third-order valence-electron chi connectivity index (χ3n) is 3.96. The van der Waals surface area contributed by atoms with Crippen LogP contribution in [0, 0.1) is 0 Å². The molecule has 116 valence electrons. The Morgan fingerprint density at radius 1 is 1.15 bits per heavy atom. The second-order valence-electron chi connectivity index (χ2n) is 6.13. The van der Waals surface area contributed by atoms with Gasteiger partial charge >= 0.3 is 0 Å². The van der Waals surface area contributed by atoms with E-state index < -0.39 is 0 Å². The SMILES string of the molecule is CCCCCCCCC(Cc1ccn(C(C)C)n1)NC. The standard InChI is InChI=1S/C17H33N3/c1-5-6-7-8-9-10-11-16(18-4)14-17-12-13-20(19-17)15(2)3/h12-13,15-16,18H,5-11,14H2,1-4H3. The Morgan fingerprint density at radius 2 is 1.85 bits per heavy atom. The zero-order valence-corrected chi connectivity index (χ0v) is 13.9. The summed E-state index contributed by atoms with van der Waals surface area (Å²) in [6.45, 7) is 6.61. The van der Waals surface area contributed by atoms with Crippen LogP contribution in [0.2, 0.25) is 0 Å². The zero-order valence-electron chi connectivity index (χ0n) is 13.9. The van der Waals surface area contributed by atoms with E-state index in [0.717, 1.165) is 6.42 Å². The maximum atomic E-state index is 4.64. The molecule has 1 N–H and O–H groups in total. The molecular weight excluding hydrogens is 246 g/mol. The molecule has 0 radical (unpaired) electrons. The molecule has 1 aromatic rings. The third-order valence-corrected chi connectivity index (χ3v) is 3.96. The molecule has 1 unspecified atom stereocenters. The minimum atomic E-state index is 0.454. The van der Waals surface area contributed by atoms with Crippen LogP contribution in [0.25, 0.3) is 0 Å². The van der Waals surface area contributed by atoms with E-state index in [4.69, 9.17) is 0 Å². The molecule has 0 saturated carbocycles. The average Bonchev–Trinajstić information content (AvgIpc) is 2.90. The first kappa shape index (κ1) is 17.2. The first-order valence-corrected chi connectivity index (χ1v) is 8.38. The molecular formula is C17H33N3. The molecule has 0 aliphatic heterocycles. The second-order valence-corrected chi connectivity index (χ2v) is 6.13. The van der Waals surface area contributed by atoms with Crippen LogP contribution in [-0.2, 0) is 6.42 Å². The number of nitrogens with one attached hydrogen (secondary N) is 1. The van der Waals surface area contributed by atoms with Crippen molar-refractivity contribution in [1.82, 2.24) is 15.1 Å². The summed E-state index contributed by atoms with van der Waals surface area (Å²) in [6.07, 6.45) is 12.6. The monoisotopic (exact) mass is 279 g/mol. The fourth-order valence-electron chi connectivity index (χ4n) is 2.55. The Morgan fingerprint density at radius 3 is 2.45 bits per heavy atom. The van der Waals surface area contributed by atoms with Crippen molar-refractivity contribution in [3.8, 4) is 0 Å². The van der Waals surface area contributed by atoms with Crippen molar-refractivity contribution < 1.29 is 0 Å². The molecule has 0 aliphatic rings. The van der Waals surface area contributed by atoms with Crippen molar-refractivity contribution in [2.45, 2.75) is 84.2 Å². The summed E-state index contributed by atoms with van der Waals surface area (Å²) in [5.74, 6) is 0.